The highest BCUT2D eigenvalue weighted by molar-refractivity contribution is 7.91. The largest absolute Gasteiger partial charge is 0.497 e. The van der Waals surface area contributed by atoms with E-state index in [9.17, 15) is 9.59 Å². The molecule has 6 rings (SSSR count). The van der Waals surface area contributed by atoms with Crippen molar-refractivity contribution in [3.8, 4) is 5.75 Å². The highest BCUT2D eigenvalue weighted by atomic mass is 32.2. The van der Waals surface area contributed by atoms with Crippen LogP contribution in [0.15, 0.2) is 102 Å². The Morgan fingerprint density at radius 3 is 2.24 bits per heavy atom. The van der Waals surface area contributed by atoms with E-state index >= 15 is 8.42 Å². The summed E-state index contributed by atoms with van der Waals surface area (Å²) in [6.45, 7) is 5.58. The molecular formula is C36H38N3O5S+. The Balaban J connectivity index is 1.54. The molecule has 0 saturated carbocycles. The highest BCUT2D eigenvalue weighted by Crippen LogP contribution is 2.57. The van der Waals surface area contributed by atoms with Gasteiger partial charge >= 0.3 is 15.9 Å². The molecule has 2 aliphatic heterocycles. The second-order valence-corrected chi connectivity index (χ2v) is 13.9. The number of aryl methyl sites for hydroxylation is 1. The van der Waals surface area contributed by atoms with Crippen LogP contribution in [0.4, 0.5) is 5.69 Å². The summed E-state index contributed by atoms with van der Waals surface area (Å²) in [6, 6.07) is 27.2. The van der Waals surface area contributed by atoms with Gasteiger partial charge in [-0.15, -0.1) is 3.89 Å². The van der Waals surface area contributed by atoms with E-state index in [1.165, 1.54) is 19.2 Å². The molecule has 0 aliphatic carbocycles. The number of sulfonamides is 1. The van der Waals surface area contributed by atoms with Crippen molar-refractivity contribution >= 4 is 27.5 Å². The van der Waals surface area contributed by atoms with Gasteiger partial charge in [0.05, 0.1) is 18.1 Å². The normalized spacial score (nSPS) is 20.4. The minimum Gasteiger partial charge on any atom is -0.497 e. The number of methoxy groups -OCH3 is 1. The van der Waals surface area contributed by atoms with Crippen LogP contribution in [0.3, 0.4) is 0 Å². The average molecular weight is 625 g/mol. The number of quaternary nitrogens is 1. The summed E-state index contributed by atoms with van der Waals surface area (Å²) in [7, 11) is -2.86. The lowest BCUT2D eigenvalue weighted by Crippen LogP contribution is -2.65. The fourth-order valence-corrected chi connectivity index (χ4v) is 9.38. The number of ether oxygens (including phenoxy) is 1. The molecule has 2 heterocycles. The van der Waals surface area contributed by atoms with Crippen molar-refractivity contribution in [3.05, 3.63) is 125 Å². The zero-order chi connectivity index (χ0) is 31.8. The number of fused-ring (bicyclic) bond motifs is 2. The number of amides is 2. The Morgan fingerprint density at radius 2 is 1.58 bits per heavy atom. The molecule has 0 radical (unpaired) electrons. The minimum atomic E-state index is -4.38. The molecule has 2 unspecified atom stereocenters. The summed E-state index contributed by atoms with van der Waals surface area (Å²) in [5, 5.41) is 6.44. The summed E-state index contributed by atoms with van der Waals surface area (Å²) in [4.78, 5) is 28.5. The van der Waals surface area contributed by atoms with Crippen molar-refractivity contribution in [1.29, 1.82) is 0 Å². The predicted octanol–water partition coefficient (Wildman–Crippen LogP) is 5.49. The molecule has 2 atom stereocenters. The van der Waals surface area contributed by atoms with E-state index in [1.54, 1.807) is 54.6 Å². The molecule has 232 valence electrons. The van der Waals surface area contributed by atoms with Gasteiger partial charge in [0.1, 0.15) is 16.7 Å². The van der Waals surface area contributed by atoms with Gasteiger partial charge in [0, 0.05) is 23.7 Å². The molecular weight excluding hydrogens is 586 g/mol. The number of nitrogens with one attached hydrogen (secondary N) is 2. The van der Waals surface area contributed by atoms with E-state index in [2.05, 4.69) is 10.6 Å². The molecule has 8 nitrogen and oxygen atoms in total. The Labute approximate surface area is 264 Å². The van der Waals surface area contributed by atoms with Gasteiger partial charge in [-0.2, -0.15) is 8.42 Å². The van der Waals surface area contributed by atoms with E-state index in [0.717, 1.165) is 16.7 Å². The minimum absolute atomic E-state index is 0.0245. The van der Waals surface area contributed by atoms with Crippen LogP contribution in [-0.4, -0.2) is 46.5 Å². The van der Waals surface area contributed by atoms with Crippen LogP contribution < -0.4 is 19.3 Å². The van der Waals surface area contributed by atoms with E-state index in [0.29, 0.717) is 55.0 Å². The number of carbonyl (C=O) groups excluding carboxylic acids is 2. The van der Waals surface area contributed by atoms with Gasteiger partial charge in [0.15, 0.2) is 5.69 Å². The van der Waals surface area contributed by atoms with Crippen LogP contribution in [0.25, 0.3) is 0 Å². The second-order valence-electron chi connectivity index (χ2n) is 11.9. The van der Waals surface area contributed by atoms with Crippen LogP contribution in [0.1, 0.15) is 57.2 Å². The average Bonchev–Trinajstić information content (AvgIpc) is 3.28. The molecule has 4 aromatic rings. The maximum absolute atomic E-state index is 15.1. The molecule has 1 spiro atoms. The van der Waals surface area contributed by atoms with E-state index in [1.807, 2.05) is 44.2 Å². The fourth-order valence-electron chi connectivity index (χ4n) is 7.21. The van der Waals surface area contributed by atoms with Crippen LogP contribution in [0.2, 0.25) is 0 Å². The van der Waals surface area contributed by atoms with E-state index < -0.39 is 31.3 Å². The van der Waals surface area contributed by atoms with Crippen LogP contribution in [0.5, 0.6) is 5.75 Å². The molecule has 2 N–H and O–H groups in total. The maximum Gasteiger partial charge on any atom is 0.366 e. The summed E-state index contributed by atoms with van der Waals surface area (Å²) in [6.07, 6.45) is 1.24. The summed E-state index contributed by atoms with van der Waals surface area (Å²) < 4.78 is 34.6. The van der Waals surface area contributed by atoms with E-state index in [4.69, 9.17) is 4.74 Å². The van der Waals surface area contributed by atoms with Crippen molar-refractivity contribution in [2.45, 2.75) is 49.6 Å². The van der Waals surface area contributed by atoms with Gasteiger partial charge in [-0.25, -0.2) is 4.79 Å². The molecule has 1 fully saturated rings. The molecule has 4 aromatic carbocycles. The van der Waals surface area contributed by atoms with Crippen LogP contribution in [0, 0.1) is 6.92 Å². The number of hydrogen-bond donors (Lipinski definition) is 2. The smallest absolute Gasteiger partial charge is 0.366 e. The van der Waals surface area contributed by atoms with Gasteiger partial charge in [0.25, 0.3) is 5.91 Å². The fraction of sp³-hybridized carbons (Fsp3) is 0.278. The lowest BCUT2D eigenvalue weighted by molar-refractivity contribution is 0.0794. The lowest BCUT2D eigenvalue weighted by Gasteiger charge is -2.42. The number of hydrogen-bond acceptors (Lipinski definition) is 6. The topological polar surface area (TPSA) is 102 Å². The molecule has 1 saturated heterocycles. The van der Waals surface area contributed by atoms with Gasteiger partial charge in [-0.3, -0.25) is 4.79 Å². The van der Waals surface area contributed by atoms with Crippen LogP contribution >= 0.6 is 0 Å². The molecule has 2 aliphatic rings. The third kappa shape index (κ3) is 4.86. The summed E-state index contributed by atoms with van der Waals surface area (Å²) in [5.41, 5.74) is 3.30. The summed E-state index contributed by atoms with van der Waals surface area (Å²) in [5.74, 6) is -0.261. The Kier molecular flexibility index (Phi) is 8.11. The first-order valence-corrected chi connectivity index (χ1v) is 16.7. The van der Waals surface area contributed by atoms with Gasteiger partial charge in [-0.1, -0.05) is 42.5 Å². The van der Waals surface area contributed by atoms with Crippen molar-refractivity contribution in [3.63, 3.8) is 0 Å². The Bertz CT molecular complexity index is 1850. The molecule has 45 heavy (non-hydrogen) atoms. The number of piperidine rings is 1. The molecule has 0 aromatic heterocycles. The number of benzene rings is 4. The maximum atomic E-state index is 15.1. The quantitative estimate of drug-likeness (QED) is 0.264. The van der Waals surface area contributed by atoms with Crippen molar-refractivity contribution in [2.24, 2.45) is 0 Å². The first-order chi connectivity index (χ1) is 21.7. The second kappa shape index (κ2) is 11.9. The van der Waals surface area contributed by atoms with Crippen molar-refractivity contribution < 1.29 is 22.7 Å². The predicted molar refractivity (Wildman–Crippen MR) is 175 cm³/mol. The van der Waals surface area contributed by atoms with Crippen molar-refractivity contribution in [1.82, 2.24) is 14.5 Å². The van der Waals surface area contributed by atoms with Gasteiger partial charge < -0.3 is 15.4 Å². The Morgan fingerprint density at radius 1 is 0.911 bits per heavy atom. The molecule has 2 amide bonds. The van der Waals surface area contributed by atoms with Gasteiger partial charge in [0.2, 0.25) is 0 Å². The SMILES string of the molecule is COc1ccc(S(=O)(=O)[N+]2(C(=O)c3ccccc3)c3ccc(C(=O)NCc4ccccc4C)cc3C3(CCNCC3)C2C)cc1. The van der Waals surface area contributed by atoms with Crippen LogP contribution in [-0.2, 0) is 22.0 Å². The first kappa shape index (κ1) is 30.7. The zero-order valence-electron chi connectivity index (χ0n) is 25.7. The first-order valence-electron chi connectivity index (χ1n) is 15.2. The van der Waals surface area contributed by atoms with E-state index in [-0.39, 0.29) is 10.8 Å². The number of carbonyl (C=O) groups is 2. The number of nitrogens with zero attached hydrogens (tertiary/aromatic N) is 1. The monoisotopic (exact) mass is 624 g/mol. The third-order valence-corrected chi connectivity index (χ3v) is 12.1. The zero-order valence-corrected chi connectivity index (χ0v) is 26.6. The molecule has 0 bridgehead atoms. The van der Waals surface area contributed by atoms with Gasteiger partial charge in [-0.05, 0) is 99.4 Å². The Hall–Kier alpha value is -4.31. The summed E-state index contributed by atoms with van der Waals surface area (Å²) >= 11 is 0. The standard InChI is InChI=1S/C36H37N3O5S/c1-25-9-7-8-12-29(25)24-38-34(40)28-13-18-33-32(23-28)36(19-21-37-22-20-36)26(2)39(33,35(41)27-10-5-4-6-11-27)45(42,43)31-16-14-30(44-3)15-17-31/h4-18,23,26,37H,19-22,24H2,1-3H3/p+1. The highest BCUT2D eigenvalue weighted by Gasteiger charge is 2.69. The number of rotatable bonds is 7. The lowest BCUT2D eigenvalue weighted by atomic mass is 9.70. The van der Waals surface area contributed by atoms with Crippen molar-refractivity contribution in [2.75, 3.05) is 20.2 Å². The third-order valence-electron chi connectivity index (χ3n) is 9.75. The molecule has 9 heteroatoms.